The number of likely N-dealkylation sites (tertiary alicyclic amines) is 1. The van der Waals surface area contributed by atoms with Crippen LogP contribution in [0.2, 0.25) is 0 Å². The molecule has 2 aliphatic rings. The number of nitrogens with one attached hydrogen (secondary N) is 1. The molecule has 0 spiro atoms. The van der Waals surface area contributed by atoms with Crippen LogP contribution in [0.4, 0.5) is 0 Å². The molecule has 0 amide bonds. The Morgan fingerprint density at radius 2 is 2.00 bits per heavy atom. The van der Waals surface area contributed by atoms with Gasteiger partial charge in [0, 0.05) is 11.8 Å². The Morgan fingerprint density at radius 1 is 1.12 bits per heavy atom. The highest BCUT2D eigenvalue weighted by Crippen LogP contribution is 2.16. The summed E-state index contributed by atoms with van der Waals surface area (Å²) in [7, 11) is 0. The second-order valence-electron chi connectivity index (χ2n) is 5.12. The maximum Gasteiger partial charge on any atom is 0.0158 e. The number of piperidine rings is 1. The van der Waals surface area contributed by atoms with Gasteiger partial charge in [-0.25, -0.2) is 0 Å². The maximum atomic E-state index is 3.71. The van der Waals surface area contributed by atoms with Crippen LogP contribution in [0.1, 0.15) is 38.5 Å². The predicted molar refractivity (Wildman–Crippen MR) is 73.3 cm³/mol. The minimum absolute atomic E-state index is 0.806. The van der Waals surface area contributed by atoms with Gasteiger partial charge in [0.1, 0.15) is 0 Å². The molecule has 2 saturated heterocycles. The Bertz CT molecular complexity index is 155. The number of nitrogens with zero attached hydrogens (tertiary/aromatic N) is 1. The van der Waals surface area contributed by atoms with Crippen molar-refractivity contribution in [1.82, 2.24) is 10.2 Å². The Morgan fingerprint density at radius 3 is 2.75 bits per heavy atom. The van der Waals surface area contributed by atoms with E-state index in [1.54, 1.807) is 0 Å². The zero-order valence-electron chi connectivity index (χ0n) is 10.4. The summed E-state index contributed by atoms with van der Waals surface area (Å²) in [4.78, 5) is 2.64. The van der Waals surface area contributed by atoms with Gasteiger partial charge in [0.15, 0.2) is 0 Å². The largest absolute Gasteiger partial charge is 0.313 e. The summed E-state index contributed by atoms with van der Waals surface area (Å²) in [5, 5.41) is 3.71. The molecule has 94 valence electrons. The van der Waals surface area contributed by atoms with Gasteiger partial charge in [-0.1, -0.05) is 6.42 Å². The van der Waals surface area contributed by atoms with Gasteiger partial charge in [-0.3, -0.25) is 0 Å². The highest BCUT2D eigenvalue weighted by molar-refractivity contribution is 7.99. The van der Waals surface area contributed by atoms with Crippen LogP contribution in [0.5, 0.6) is 0 Å². The second kappa shape index (κ2) is 7.57. The summed E-state index contributed by atoms with van der Waals surface area (Å²) in [6, 6.07) is 0.806. The summed E-state index contributed by atoms with van der Waals surface area (Å²) in [5.41, 5.74) is 0. The summed E-state index contributed by atoms with van der Waals surface area (Å²) < 4.78 is 0. The van der Waals surface area contributed by atoms with E-state index in [0.29, 0.717) is 0 Å². The molecule has 2 aliphatic heterocycles. The van der Waals surface area contributed by atoms with E-state index in [1.807, 2.05) is 0 Å². The lowest BCUT2D eigenvalue weighted by Crippen LogP contribution is -2.37. The van der Waals surface area contributed by atoms with Crippen LogP contribution in [-0.2, 0) is 0 Å². The van der Waals surface area contributed by atoms with Gasteiger partial charge in [-0.15, -0.1) is 0 Å². The minimum Gasteiger partial charge on any atom is -0.313 e. The van der Waals surface area contributed by atoms with E-state index < -0.39 is 0 Å². The SMILES string of the molecule is C1CCN(CCCNC2CCCSC2)CC1. The zero-order valence-corrected chi connectivity index (χ0v) is 11.2. The normalized spacial score (nSPS) is 28.1. The van der Waals surface area contributed by atoms with Crippen molar-refractivity contribution < 1.29 is 0 Å². The van der Waals surface area contributed by atoms with Crippen molar-refractivity contribution in [2.45, 2.75) is 44.6 Å². The number of rotatable bonds is 5. The highest BCUT2D eigenvalue weighted by atomic mass is 32.2. The summed E-state index contributed by atoms with van der Waals surface area (Å²) in [6.45, 7) is 5.23. The molecular formula is C13H26N2S. The third-order valence-corrected chi connectivity index (χ3v) is 4.91. The highest BCUT2D eigenvalue weighted by Gasteiger charge is 2.13. The fourth-order valence-electron chi connectivity index (χ4n) is 2.69. The fraction of sp³-hybridized carbons (Fsp3) is 1.00. The van der Waals surface area contributed by atoms with Crippen molar-refractivity contribution in [1.29, 1.82) is 0 Å². The molecule has 1 N–H and O–H groups in total. The van der Waals surface area contributed by atoms with E-state index in [-0.39, 0.29) is 0 Å². The lowest BCUT2D eigenvalue weighted by Gasteiger charge is -2.27. The van der Waals surface area contributed by atoms with Gasteiger partial charge < -0.3 is 10.2 Å². The van der Waals surface area contributed by atoms with E-state index in [9.17, 15) is 0 Å². The molecule has 2 nitrogen and oxygen atoms in total. The Hall–Kier alpha value is 0.270. The minimum atomic E-state index is 0.806. The third-order valence-electron chi connectivity index (χ3n) is 3.69. The van der Waals surface area contributed by atoms with Gasteiger partial charge in [-0.05, 0) is 64.0 Å². The lowest BCUT2D eigenvalue weighted by atomic mass is 10.1. The van der Waals surface area contributed by atoms with E-state index in [4.69, 9.17) is 0 Å². The summed E-state index contributed by atoms with van der Waals surface area (Å²) in [5.74, 6) is 2.72. The van der Waals surface area contributed by atoms with Gasteiger partial charge in [0.2, 0.25) is 0 Å². The molecular weight excluding hydrogens is 216 g/mol. The first-order valence-corrected chi connectivity index (χ1v) is 8.14. The van der Waals surface area contributed by atoms with Crippen LogP contribution in [0.15, 0.2) is 0 Å². The summed E-state index contributed by atoms with van der Waals surface area (Å²) >= 11 is 2.12. The molecule has 2 heterocycles. The molecule has 2 fully saturated rings. The lowest BCUT2D eigenvalue weighted by molar-refractivity contribution is 0.225. The van der Waals surface area contributed by atoms with Crippen molar-refractivity contribution in [3.8, 4) is 0 Å². The monoisotopic (exact) mass is 242 g/mol. The van der Waals surface area contributed by atoms with Crippen LogP contribution in [0.25, 0.3) is 0 Å². The predicted octanol–water partition coefficient (Wildman–Crippen LogP) is 2.35. The van der Waals surface area contributed by atoms with Crippen LogP contribution in [-0.4, -0.2) is 48.6 Å². The van der Waals surface area contributed by atoms with Gasteiger partial charge >= 0.3 is 0 Å². The number of hydrogen-bond donors (Lipinski definition) is 1. The van der Waals surface area contributed by atoms with Crippen LogP contribution >= 0.6 is 11.8 Å². The first-order chi connectivity index (χ1) is 7.95. The molecule has 0 aromatic rings. The smallest absolute Gasteiger partial charge is 0.0158 e. The molecule has 0 aromatic carbocycles. The van der Waals surface area contributed by atoms with Gasteiger partial charge in [0.05, 0.1) is 0 Å². The fourth-order valence-corrected chi connectivity index (χ4v) is 3.80. The molecule has 0 radical (unpaired) electrons. The molecule has 1 unspecified atom stereocenters. The summed E-state index contributed by atoms with van der Waals surface area (Å²) in [6.07, 6.45) is 8.44. The molecule has 1 atom stereocenters. The van der Waals surface area contributed by atoms with E-state index in [1.165, 1.54) is 76.2 Å². The molecule has 0 aromatic heterocycles. The quantitative estimate of drug-likeness (QED) is 0.745. The van der Waals surface area contributed by atoms with Crippen molar-refractivity contribution in [3.05, 3.63) is 0 Å². The average Bonchev–Trinajstić information content (AvgIpc) is 2.37. The maximum absolute atomic E-state index is 3.71. The number of thioether (sulfide) groups is 1. The van der Waals surface area contributed by atoms with Crippen molar-refractivity contribution in [3.63, 3.8) is 0 Å². The third kappa shape index (κ3) is 4.64. The van der Waals surface area contributed by atoms with Gasteiger partial charge in [-0.2, -0.15) is 11.8 Å². The second-order valence-corrected chi connectivity index (χ2v) is 6.27. The molecule has 3 heteroatoms. The average molecular weight is 242 g/mol. The van der Waals surface area contributed by atoms with Crippen molar-refractivity contribution in [2.24, 2.45) is 0 Å². The first-order valence-electron chi connectivity index (χ1n) is 6.98. The Kier molecular flexibility index (Phi) is 6.02. The topological polar surface area (TPSA) is 15.3 Å². The van der Waals surface area contributed by atoms with Crippen LogP contribution in [0.3, 0.4) is 0 Å². The Balaban J connectivity index is 1.47. The Labute approximate surface area is 105 Å². The van der Waals surface area contributed by atoms with E-state index in [2.05, 4.69) is 22.0 Å². The number of hydrogen-bond acceptors (Lipinski definition) is 3. The molecule has 0 aliphatic carbocycles. The first kappa shape index (κ1) is 12.7. The van der Waals surface area contributed by atoms with E-state index in [0.717, 1.165) is 6.04 Å². The van der Waals surface area contributed by atoms with Crippen molar-refractivity contribution >= 4 is 11.8 Å². The molecule has 2 rings (SSSR count). The molecule has 0 saturated carbocycles. The zero-order chi connectivity index (χ0) is 11.1. The van der Waals surface area contributed by atoms with E-state index >= 15 is 0 Å². The van der Waals surface area contributed by atoms with Crippen molar-refractivity contribution in [2.75, 3.05) is 37.7 Å². The van der Waals surface area contributed by atoms with Crippen LogP contribution in [0, 0.1) is 0 Å². The molecule has 16 heavy (non-hydrogen) atoms. The van der Waals surface area contributed by atoms with Gasteiger partial charge in [0.25, 0.3) is 0 Å². The standard InChI is InChI=1S/C13H26N2S/c1-2-8-15(9-3-1)10-5-7-14-13-6-4-11-16-12-13/h13-14H,1-12H2. The molecule has 0 bridgehead atoms. The van der Waals surface area contributed by atoms with Crippen LogP contribution < -0.4 is 5.32 Å².